The van der Waals surface area contributed by atoms with Crippen LogP contribution in [-0.4, -0.2) is 31.6 Å². The minimum atomic E-state index is -0.202. The Bertz CT molecular complexity index is 384. The Morgan fingerprint density at radius 3 is 2.53 bits per heavy atom. The van der Waals surface area contributed by atoms with Crippen LogP contribution in [0.15, 0.2) is 22.7 Å². The van der Waals surface area contributed by atoms with E-state index in [1.165, 1.54) is 0 Å². The van der Waals surface area contributed by atoms with Crippen LogP contribution in [0.2, 0.25) is 0 Å². The molecule has 1 atom stereocenters. The fourth-order valence-corrected chi connectivity index (χ4v) is 2.39. The Morgan fingerprint density at radius 1 is 1.32 bits per heavy atom. The first-order valence-electron chi connectivity index (χ1n) is 6.70. The zero-order chi connectivity index (χ0) is 14.4. The van der Waals surface area contributed by atoms with Gasteiger partial charge in [0.25, 0.3) is 0 Å². The summed E-state index contributed by atoms with van der Waals surface area (Å²) < 4.78 is 14.0. The van der Waals surface area contributed by atoms with Gasteiger partial charge in [-0.3, -0.25) is 0 Å². The van der Waals surface area contributed by atoms with Gasteiger partial charge in [-0.05, 0) is 60.1 Å². The Kier molecular flexibility index (Phi) is 6.97. The Hall–Kier alpha value is -0.450. The molecule has 2 nitrogen and oxygen atoms in total. The van der Waals surface area contributed by atoms with Crippen molar-refractivity contribution < 1.29 is 4.39 Å². The number of halogens is 2. The van der Waals surface area contributed by atoms with Gasteiger partial charge in [-0.15, -0.1) is 0 Å². The second kappa shape index (κ2) is 7.98. The van der Waals surface area contributed by atoms with Crippen LogP contribution in [0.5, 0.6) is 0 Å². The highest BCUT2D eigenvalue weighted by Crippen LogP contribution is 2.16. The first-order valence-corrected chi connectivity index (χ1v) is 7.49. The molecule has 19 heavy (non-hydrogen) atoms. The Balaban J connectivity index is 2.56. The van der Waals surface area contributed by atoms with Crippen LogP contribution in [0.25, 0.3) is 0 Å². The predicted molar refractivity (Wildman–Crippen MR) is 82.7 cm³/mol. The molecule has 1 N–H and O–H groups in total. The second-order valence-electron chi connectivity index (χ2n) is 5.72. The maximum absolute atomic E-state index is 13.4. The van der Waals surface area contributed by atoms with Crippen molar-refractivity contribution in [3.63, 3.8) is 0 Å². The van der Waals surface area contributed by atoms with Gasteiger partial charge in [0.05, 0.1) is 4.47 Å². The molecule has 4 heteroatoms. The van der Waals surface area contributed by atoms with Crippen molar-refractivity contribution in [1.29, 1.82) is 0 Å². The number of likely N-dealkylation sites (N-methyl/N-ethyl adjacent to an activating group) is 1. The quantitative estimate of drug-likeness (QED) is 0.820. The van der Waals surface area contributed by atoms with Gasteiger partial charge in [0.15, 0.2) is 0 Å². The lowest BCUT2D eigenvalue weighted by molar-refractivity contribution is 0.305. The molecule has 0 saturated carbocycles. The standard InChI is InChI=1S/C15H24BrFN2/c1-11(2)7-13(10-19(3)4)18-9-12-5-6-14(16)15(17)8-12/h5-6,8,11,13,18H,7,9-10H2,1-4H3. The van der Waals surface area contributed by atoms with E-state index in [4.69, 9.17) is 0 Å². The van der Waals surface area contributed by atoms with E-state index in [-0.39, 0.29) is 5.82 Å². The molecule has 0 amide bonds. The number of hydrogen-bond donors (Lipinski definition) is 1. The van der Waals surface area contributed by atoms with Gasteiger partial charge >= 0.3 is 0 Å². The highest BCUT2D eigenvalue weighted by atomic mass is 79.9. The van der Waals surface area contributed by atoms with Gasteiger partial charge in [-0.2, -0.15) is 0 Å². The molecular formula is C15H24BrFN2. The molecule has 0 aliphatic heterocycles. The summed E-state index contributed by atoms with van der Waals surface area (Å²) in [5, 5.41) is 3.52. The van der Waals surface area contributed by atoms with Crippen molar-refractivity contribution >= 4 is 15.9 Å². The minimum Gasteiger partial charge on any atom is -0.309 e. The summed E-state index contributed by atoms with van der Waals surface area (Å²) >= 11 is 3.17. The van der Waals surface area contributed by atoms with Gasteiger partial charge in [0.1, 0.15) is 5.82 Å². The van der Waals surface area contributed by atoms with Crippen LogP contribution in [0.4, 0.5) is 4.39 Å². The molecule has 1 rings (SSSR count). The van der Waals surface area contributed by atoms with Gasteiger partial charge in [-0.25, -0.2) is 4.39 Å². The molecule has 1 aromatic rings. The van der Waals surface area contributed by atoms with Crippen molar-refractivity contribution in [3.8, 4) is 0 Å². The lowest BCUT2D eigenvalue weighted by Gasteiger charge is -2.24. The molecule has 108 valence electrons. The van der Waals surface area contributed by atoms with Crippen molar-refractivity contribution in [3.05, 3.63) is 34.1 Å². The molecule has 0 fully saturated rings. The van der Waals surface area contributed by atoms with Crippen molar-refractivity contribution in [2.24, 2.45) is 5.92 Å². The summed E-state index contributed by atoms with van der Waals surface area (Å²) in [4.78, 5) is 2.18. The molecule has 0 aliphatic rings. The maximum Gasteiger partial charge on any atom is 0.137 e. The molecule has 1 unspecified atom stereocenters. The first kappa shape index (κ1) is 16.6. The molecule has 0 aromatic heterocycles. The van der Waals surface area contributed by atoms with Gasteiger partial charge in [-0.1, -0.05) is 19.9 Å². The highest BCUT2D eigenvalue weighted by molar-refractivity contribution is 9.10. The second-order valence-corrected chi connectivity index (χ2v) is 6.57. The first-order chi connectivity index (χ1) is 8.88. The van der Waals surface area contributed by atoms with E-state index in [0.717, 1.165) is 18.5 Å². The van der Waals surface area contributed by atoms with Crippen molar-refractivity contribution in [1.82, 2.24) is 10.2 Å². The number of rotatable bonds is 7. The fraction of sp³-hybridized carbons (Fsp3) is 0.600. The number of benzene rings is 1. The van der Waals surface area contributed by atoms with Crippen molar-refractivity contribution in [2.45, 2.75) is 32.9 Å². The van der Waals surface area contributed by atoms with Crippen LogP contribution >= 0.6 is 15.9 Å². The van der Waals surface area contributed by atoms with E-state index < -0.39 is 0 Å². The Morgan fingerprint density at radius 2 is 2.00 bits per heavy atom. The van der Waals surface area contributed by atoms with E-state index in [2.05, 4.69) is 54.1 Å². The van der Waals surface area contributed by atoms with E-state index in [0.29, 0.717) is 23.0 Å². The summed E-state index contributed by atoms with van der Waals surface area (Å²) in [6.45, 7) is 6.15. The third-order valence-corrected chi connectivity index (χ3v) is 3.56. The smallest absolute Gasteiger partial charge is 0.137 e. The minimum absolute atomic E-state index is 0.202. The van der Waals surface area contributed by atoms with Crippen LogP contribution in [0, 0.1) is 11.7 Å². The van der Waals surface area contributed by atoms with E-state index >= 15 is 0 Å². The molecule has 0 aliphatic carbocycles. The topological polar surface area (TPSA) is 15.3 Å². The SMILES string of the molecule is CC(C)CC(CN(C)C)NCc1ccc(Br)c(F)c1. The van der Waals surface area contributed by atoms with Gasteiger partial charge in [0, 0.05) is 19.1 Å². The lowest BCUT2D eigenvalue weighted by Crippen LogP contribution is -2.38. The molecule has 0 heterocycles. The summed E-state index contributed by atoms with van der Waals surface area (Å²) in [6, 6.07) is 5.72. The van der Waals surface area contributed by atoms with Crippen LogP contribution in [0.1, 0.15) is 25.8 Å². The Labute approximate surface area is 124 Å². The monoisotopic (exact) mass is 330 g/mol. The highest BCUT2D eigenvalue weighted by Gasteiger charge is 2.11. The van der Waals surface area contributed by atoms with E-state index in [9.17, 15) is 4.39 Å². The molecule has 0 spiro atoms. The molecular weight excluding hydrogens is 307 g/mol. The molecule has 0 radical (unpaired) electrons. The summed E-state index contributed by atoms with van der Waals surface area (Å²) in [7, 11) is 4.16. The third kappa shape index (κ3) is 6.50. The van der Waals surface area contributed by atoms with Gasteiger partial charge < -0.3 is 10.2 Å². The van der Waals surface area contributed by atoms with Crippen LogP contribution in [-0.2, 0) is 6.54 Å². The molecule has 1 aromatic carbocycles. The van der Waals surface area contributed by atoms with E-state index in [1.54, 1.807) is 12.1 Å². The average Bonchev–Trinajstić information content (AvgIpc) is 2.29. The summed E-state index contributed by atoms with van der Waals surface area (Å²) in [5.41, 5.74) is 0.980. The zero-order valence-electron chi connectivity index (χ0n) is 12.2. The van der Waals surface area contributed by atoms with Crippen LogP contribution < -0.4 is 5.32 Å². The number of nitrogens with one attached hydrogen (secondary N) is 1. The molecule has 0 saturated heterocycles. The number of hydrogen-bond acceptors (Lipinski definition) is 2. The molecule has 0 bridgehead atoms. The summed E-state index contributed by atoms with van der Waals surface area (Å²) in [6.07, 6.45) is 1.12. The van der Waals surface area contributed by atoms with Crippen LogP contribution in [0.3, 0.4) is 0 Å². The van der Waals surface area contributed by atoms with Gasteiger partial charge in [0.2, 0.25) is 0 Å². The largest absolute Gasteiger partial charge is 0.309 e. The fourth-order valence-electron chi connectivity index (χ4n) is 2.14. The zero-order valence-corrected chi connectivity index (χ0v) is 13.8. The van der Waals surface area contributed by atoms with Crippen molar-refractivity contribution in [2.75, 3.05) is 20.6 Å². The third-order valence-electron chi connectivity index (χ3n) is 2.92. The predicted octanol–water partition coefficient (Wildman–Crippen LogP) is 3.65. The maximum atomic E-state index is 13.4. The number of nitrogens with zero attached hydrogens (tertiary/aromatic N) is 1. The lowest BCUT2D eigenvalue weighted by atomic mass is 10.0. The van der Waals surface area contributed by atoms with E-state index in [1.807, 2.05) is 6.07 Å². The average molecular weight is 331 g/mol. The normalized spacial score (nSPS) is 13.3. The summed E-state index contributed by atoms with van der Waals surface area (Å²) in [5.74, 6) is 0.450.